The third-order valence-electron chi connectivity index (χ3n) is 4.31. The van der Waals surface area contributed by atoms with Crippen molar-refractivity contribution in [2.24, 2.45) is 0 Å². The summed E-state index contributed by atoms with van der Waals surface area (Å²) in [4.78, 5) is 23.8. The predicted molar refractivity (Wildman–Crippen MR) is 88.7 cm³/mol. The Bertz CT molecular complexity index is 543. The summed E-state index contributed by atoms with van der Waals surface area (Å²) in [6.45, 7) is 5.63. The fourth-order valence-electron chi connectivity index (χ4n) is 3.21. The number of hydrogen-bond acceptors (Lipinski definition) is 2. The molecule has 0 radical (unpaired) electrons. The average molecular weight is 300 g/mol. The Labute approximate surface area is 132 Å². The van der Waals surface area contributed by atoms with Crippen molar-refractivity contribution in [3.8, 4) is 0 Å². The molecule has 0 unspecified atom stereocenters. The minimum absolute atomic E-state index is 0.0828. The van der Waals surface area contributed by atoms with Crippen LogP contribution in [0.3, 0.4) is 0 Å². The van der Waals surface area contributed by atoms with E-state index in [1.165, 1.54) is 13.3 Å². The van der Waals surface area contributed by atoms with E-state index in [-0.39, 0.29) is 11.8 Å². The molecular weight excluding hydrogens is 276 g/mol. The third-order valence-corrected chi connectivity index (χ3v) is 4.31. The van der Waals surface area contributed by atoms with E-state index < -0.39 is 5.41 Å². The van der Waals surface area contributed by atoms with Gasteiger partial charge in [-0.05, 0) is 30.5 Å². The van der Waals surface area contributed by atoms with Crippen LogP contribution in [0.1, 0.15) is 44.6 Å². The van der Waals surface area contributed by atoms with Crippen LogP contribution in [0.25, 0.3) is 0 Å². The maximum Gasteiger partial charge on any atom is 0.230 e. The molecule has 4 heteroatoms. The maximum absolute atomic E-state index is 12.7. The number of nitrogens with one attached hydrogen (secondary N) is 2. The second-order valence-electron chi connectivity index (χ2n) is 5.90. The van der Waals surface area contributed by atoms with Gasteiger partial charge in [-0.1, -0.05) is 37.5 Å². The summed E-state index contributed by atoms with van der Waals surface area (Å²) < 4.78 is 0. The van der Waals surface area contributed by atoms with Crippen molar-refractivity contribution in [3.63, 3.8) is 0 Å². The fraction of sp³-hybridized carbons (Fsp3) is 0.444. The number of rotatable bonds is 5. The molecule has 1 saturated carbocycles. The van der Waals surface area contributed by atoms with Crippen LogP contribution in [0.4, 0.5) is 5.69 Å². The number of carbonyl (C=O) groups is 2. The van der Waals surface area contributed by atoms with E-state index in [0.717, 1.165) is 36.9 Å². The molecule has 2 rings (SSSR count). The first kappa shape index (κ1) is 16.3. The van der Waals surface area contributed by atoms with Crippen molar-refractivity contribution in [1.82, 2.24) is 5.32 Å². The Morgan fingerprint density at radius 3 is 2.36 bits per heavy atom. The first-order valence-corrected chi connectivity index (χ1v) is 7.86. The zero-order valence-corrected chi connectivity index (χ0v) is 13.2. The summed E-state index contributed by atoms with van der Waals surface area (Å²) in [7, 11) is 0. The Morgan fingerprint density at radius 2 is 1.82 bits per heavy atom. The van der Waals surface area contributed by atoms with E-state index in [1.54, 1.807) is 6.08 Å². The van der Waals surface area contributed by atoms with Crippen molar-refractivity contribution in [1.29, 1.82) is 0 Å². The smallest absolute Gasteiger partial charge is 0.230 e. The van der Waals surface area contributed by atoms with Crippen LogP contribution in [-0.2, 0) is 15.0 Å². The van der Waals surface area contributed by atoms with Gasteiger partial charge in [0.1, 0.15) is 0 Å². The van der Waals surface area contributed by atoms with E-state index in [1.807, 2.05) is 24.3 Å². The number of hydrogen-bond donors (Lipinski definition) is 2. The number of amides is 2. The molecule has 0 atom stereocenters. The molecule has 2 N–H and O–H groups in total. The minimum Gasteiger partial charge on any atom is -0.352 e. The molecule has 1 aromatic carbocycles. The summed E-state index contributed by atoms with van der Waals surface area (Å²) in [6.07, 6.45) is 6.75. The molecule has 4 nitrogen and oxygen atoms in total. The molecule has 1 aromatic rings. The lowest BCUT2D eigenvalue weighted by Gasteiger charge is -2.36. The van der Waals surface area contributed by atoms with Crippen LogP contribution in [0.5, 0.6) is 0 Å². The molecule has 0 aromatic heterocycles. The molecule has 1 fully saturated rings. The lowest BCUT2D eigenvalue weighted by atomic mass is 9.68. The van der Waals surface area contributed by atoms with Gasteiger partial charge in [-0.15, -0.1) is 6.58 Å². The van der Waals surface area contributed by atoms with E-state index in [2.05, 4.69) is 17.2 Å². The second-order valence-corrected chi connectivity index (χ2v) is 5.90. The van der Waals surface area contributed by atoms with Gasteiger partial charge in [-0.3, -0.25) is 9.59 Å². The Hall–Kier alpha value is -2.10. The monoisotopic (exact) mass is 300 g/mol. The topological polar surface area (TPSA) is 58.2 Å². The highest BCUT2D eigenvalue weighted by atomic mass is 16.2. The molecular formula is C18H24N2O2. The molecule has 22 heavy (non-hydrogen) atoms. The summed E-state index contributed by atoms with van der Waals surface area (Å²) in [5.74, 6) is -0.0109. The van der Waals surface area contributed by atoms with Gasteiger partial charge in [-0.25, -0.2) is 0 Å². The zero-order chi connectivity index (χ0) is 16.0. The van der Waals surface area contributed by atoms with Crippen molar-refractivity contribution in [3.05, 3.63) is 42.5 Å². The molecule has 0 saturated heterocycles. The van der Waals surface area contributed by atoms with Crippen LogP contribution in [-0.4, -0.2) is 18.4 Å². The molecule has 0 spiro atoms. The summed E-state index contributed by atoms with van der Waals surface area (Å²) >= 11 is 0. The van der Waals surface area contributed by atoms with Crippen LogP contribution in [0, 0.1) is 0 Å². The zero-order valence-electron chi connectivity index (χ0n) is 13.2. The van der Waals surface area contributed by atoms with Gasteiger partial charge in [-0.2, -0.15) is 0 Å². The normalized spacial score (nSPS) is 16.6. The largest absolute Gasteiger partial charge is 0.352 e. The first-order valence-electron chi connectivity index (χ1n) is 7.86. The minimum atomic E-state index is -0.448. The molecule has 1 aliphatic rings. The highest BCUT2D eigenvalue weighted by Crippen LogP contribution is 2.40. The van der Waals surface area contributed by atoms with E-state index in [0.29, 0.717) is 6.54 Å². The molecule has 0 aliphatic heterocycles. The van der Waals surface area contributed by atoms with Gasteiger partial charge in [0.05, 0.1) is 5.41 Å². The number of benzene rings is 1. The Kier molecular flexibility index (Phi) is 5.36. The number of carbonyl (C=O) groups excluding carboxylic acids is 2. The van der Waals surface area contributed by atoms with Gasteiger partial charge in [0, 0.05) is 19.2 Å². The maximum atomic E-state index is 12.7. The predicted octanol–water partition coefficient (Wildman–Crippen LogP) is 3.15. The van der Waals surface area contributed by atoms with Crippen LogP contribution in [0.15, 0.2) is 36.9 Å². The van der Waals surface area contributed by atoms with Gasteiger partial charge in [0.15, 0.2) is 0 Å². The molecule has 0 bridgehead atoms. The quantitative estimate of drug-likeness (QED) is 0.821. The highest BCUT2D eigenvalue weighted by molar-refractivity contribution is 5.90. The van der Waals surface area contributed by atoms with Gasteiger partial charge in [0.2, 0.25) is 11.8 Å². The van der Waals surface area contributed by atoms with Crippen LogP contribution < -0.4 is 10.6 Å². The van der Waals surface area contributed by atoms with Crippen molar-refractivity contribution >= 4 is 17.5 Å². The van der Waals surface area contributed by atoms with Gasteiger partial charge < -0.3 is 10.6 Å². The van der Waals surface area contributed by atoms with Crippen LogP contribution in [0.2, 0.25) is 0 Å². The third kappa shape index (κ3) is 3.56. The standard InChI is InChI=1S/C18H24N2O2/c1-3-13-19-17(22)18(11-5-4-6-12-18)15-7-9-16(10-8-15)20-14(2)21/h3,7-10H,1,4-6,11-13H2,2H3,(H,19,22)(H,20,21). The summed E-state index contributed by atoms with van der Waals surface area (Å²) in [6, 6.07) is 7.66. The second kappa shape index (κ2) is 7.25. The lowest BCUT2D eigenvalue weighted by molar-refractivity contribution is -0.127. The SMILES string of the molecule is C=CCNC(=O)C1(c2ccc(NC(C)=O)cc2)CCCCC1. The molecule has 2 amide bonds. The first-order chi connectivity index (χ1) is 10.6. The van der Waals surface area contributed by atoms with E-state index in [9.17, 15) is 9.59 Å². The molecule has 0 heterocycles. The highest BCUT2D eigenvalue weighted by Gasteiger charge is 2.40. The lowest BCUT2D eigenvalue weighted by Crippen LogP contribution is -2.45. The van der Waals surface area contributed by atoms with Crippen molar-refractivity contribution in [2.75, 3.05) is 11.9 Å². The summed E-state index contributed by atoms with van der Waals surface area (Å²) in [5, 5.41) is 5.72. The van der Waals surface area contributed by atoms with E-state index >= 15 is 0 Å². The average Bonchev–Trinajstić information content (AvgIpc) is 2.53. The number of anilines is 1. The Morgan fingerprint density at radius 1 is 1.18 bits per heavy atom. The molecule has 1 aliphatic carbocycles. The van der Waals surface area contributed by atoms with E-state index in [4.69, 9.17) is 0 Å². The van der Waals surface area contributed by atoms with Gasteiger partial charge in [0.25, 0.3) is 0 Å². The van der Waals surface area contributed by atoms with Crippen molar-refractivity contribution in [2.45, 2.75) is 44.4 Å². The Balaban J connectivity index is 2.26. The van der Waals surface area contributed by atoms with Crippen molar-refractivity contribution < 1.29 is 9.59 Å². The summed E-state index contributed by atoms with van der Waals surface area (Å²) in [5.41, 5.74) is 1.34. The fourth-order valence-corrected chi connectivity index (χ4v) is 3.21. The van der Waals surface area contributed by atoms with Gasteiger partial charge >= 0.3 is 0 Å². The molecule has 118 valence electrons. The van der Waals surface area contributed by atoms with Crippen LogP contribution >= 0.6 is 0 Å².